The van der Waals surface area contributed by atoms with E-state index in [0.717, 1.165) is 11.1 Å². The normalized spacial score (nSPS) is 10.6. The highest BCUT2D eigenvalue weighted by molar-refractivity contribution is 5.82. The summed E-state index contributed by atoms with van der Waals surface area (Å²) in [5, 5.41) is 6.89. The van der Waals surface area contributed by atoms with E-state index in [1.54, 1.807) is 12.2 Å². The second-order valence-electron chi connectivity index (χ2n) is 1.78. The molecule has 0 amide bonds. The Bertz CT molecular complexity index is 163. The van der Waals surface area contributed by atoms with Crippen molar-refractivity contribution in [1.82, 2.24) is 0 Å². The fraction of sp³-hybridized carbons (Fsp3) is 0.125. The molecule has 48 valence electrons. The molecule has 0 fully saturated rings. The van der Waals surface area contributed by atoms with Crippen LogP contribution >= 0.6 is 0 Å². The number of hydrogen-bond donors (Lipinski definition) is 1. The van der Waals surface area contributed by atoms with Crippen LogP contribution < -0.4 is 0 Å². The zero-order valence-corrected chi connectivity index (χ0v) is 5.65. The fourth-order valence-electron chi connectivity index (χ4n) is 0.441. The van der Waals surface area contributed by atoms with Crippen molar-refractivity contribution in [1.29, 1.82) is 5.41 Å². The summed E-state index contributed by atoms with van der Waals surface area (Å²) in [6.07, 6.45) is 4.68. The Morgan fingerprint density at radius 3 is 2.22 bits per heavy atom. The van der Waals surface area contributed by atoms with Gasteiger partial charge in [-0.1, -0.05) is 25.3 Å². The van der Waals surface area contributed by atoms with Crippen LogP contribution in [-0.2, 0) is 0 Å². The van der Waals surface area contributed by atoms with Crippen LogP contribution in [0.15, 0.2) is 36.5 Å². The highest BCUT2D eigenvalue weighted by Crippen LogP contribution is 2.01. The SMILES string of the molecule is C=C/C=C(/C=N)C(=C)C. The van der Waals surface area contributed by atoms with Crippen molar-refractivity contribution in [3.05, 3.63) is 36.5 Å². The molecule has 0 spiro atoms. The number of nitrogens with one attached hydrogen (secondary N) is 1. The van der Waals surface area contributed by atoms with E-state index in [0.29, 0.717) is 0 Å². The Labute approximate surface area is 55.9 Å². The zero-order chi connectivity index (χ0) is 7.28. The van der Waals surface area contributed by atoms with Crippen molar-refractivity contribution >= 4 is 6.21 Å². The predicted octanol–water partition coefficient (Wildman–Crippen LogP) is 2.32. The molecule has 1 heteroatoms. The molecule has 0 atom stereocenters. The molecule has 0 aliphatic carbocycles. The Hall–Kier alpha value is -1.11. The first kappa shape index (κ1) is 7.89. The van der Waals surface area contributed by atoms with Gasteiger partial charge in [0.1, 0.15) is 0 Å². The molecule has 0 saturated carbocycles. The first-order valence-corrected chi connectivity index (χ1v) is 2.71. The van der Waals surface area contributed by atoms with Crippen LogP contribution in [0.1, 0.15) is 6.92 Å². The summed E-state index contributed by atoms with van der Waals surface area (Å²) in [6, 6.07) is 0. The van der Waals surface area contributed by atoms with Gasteiger partial charge in [0.15, 0.2) is 0 Å². The van der Waals surface area contributed by atoms with E-state index < -0.39 is 0 Å². The summed E-state index contributed by atoms with van der Waals surface area (Å²) in [4.78, 5) is 0. The molecule has 1 N–H and O–H groups in total. The van der Waals surface area contributed by atoms with Crippen LogP contribution in [0, 0.1) is 5.41 Å². The molecule has 0 unspecified atom stereocenters. The van der Waals surface area contributed by atoms with Gasteiger partial charge >= 0.3 is 0 Å². The Balaban J connectivity index is 4.32. The molecule has 0 aliphatic rings. The van der Waals surface area contributed by atoms with Crippen molar-refractivity contribution in [2.45, 2.75) is 6.92 Å². The van der Waals surface area contributed by atoms with Crippen LogP contribution in [0.5, 0.6) is 0 Å². The average molecular weight is 121 g/mol. The minimum atomic E-state index is 0.824. The Kier molecular flexibility index (Phi) is 3.37. The third-order valence-electron chi connectivity index (χ3n) is 0.946. The molecule has 0 rings (SSSR count). The lowest BCUT2D eigenvalue weighted by Gasteiger charge is -1.93. The molecule has 9 heavy (non-hydrogen) atoms. The lowest BCUT2D eigenvalue weighted by atomic mass is 10.1. The van der Waals surface area contributed by atoms with E-state index in [1.165, 1.54) is 6.21 Å². The van der Waals surface area contributed by atoms with Crippen LogP contribution in [0.4, 0.5) is 0 Å². The predicted molar refractivity (Wildman–Crippen MR) is 41.9 cm³/mol. The second kappa shape index (κ2) is 3.84. The first-order chi connectivity index (χ1) is 4.22. The van der Waals surface area contributed by atoms with E-state index in [-0.39, 0.29) is 0 Å². The van der Waals surface area contributed by atoms with Gasteiger partial charge in [-0.15, -0.1) is 0 Å². The van der Waals surface area contributed by atoms with Crippen LogP contribution in [-0.4, -0.2) is 6.21 Å². The maximum Gasteiger partial charge on any atom is 0.0252 e. The lowest BCUT2D eigenvalue weighted by Crippen LogP contribution is -1.82. The molecule has 0 aromatic rings. The van der Waals surface area contributed by atoms with Gasteiger partial charge in [-0.25, -0.2) is 0 Å². The molecule has 0 radical (unpaired) electrons. The van der Waals surface area contributed by atoms with Gasteiger partial charge in [-0.05, 0) is 18.1 Å². The van der Waals surface area contributed by atoms with Crippen LogP contribution in [0.25, 0.3) is 0 Å². The number of rotatable bonds is 3. The van der Waals surface area contributed by atoms with Crippen molar-refractivity contribution in [3.8, 4) is 0 Å². The van der Waals surface area contributed by atoms with E-state index in [4.69, 9.17) is 5.41 Å². The van der Waals surface area contributed by atoms with E-state index in [2.05, 4.69) is 13.2 Å². The molecule has 0 aromatic carbocycles. The molecule has 0 bridgehead atoms. The van der Waals surface area contributed by atoms with Gasteiger partial charge in [-0.3, -0.25) is 0 Å². The maximum absolute atomic E-state index is 6.89. The van der Waals surface area contributed by atoms with Gasteiger partial charge in [0.05, 0.1) is 0 Å². The Morgan fingerprint density at radius 2 is 2.11 bits per heavy atom. The van der Waals surface area contributed by atoms with Crippen molar-refractivity contribution in [2.75, 3.05) is 0 Å². The van der Waals surface area contributed by atoms with E-state index >= 15 is 0 Å². The summed E-state index contributed by atoms with van der Waals surface area (Å²) in [7, 11) is 0. The Morgan fingerprint density at radius 1 is 1.56 bits per heavy atom. The van der Waals surface area contributed by atoms with E-state index in [1.807, 2.05) is 6.92 Å². The highest BCUT2D eigenvalue weighted by atomic mass is 14.3. The van der Waals surface area contributed by atoms with Crippen LogP contribution in [0.3, 0.4) is 0 Å². The third kappa shape index (κ3) is 2.65. The maximum atomic E-state index is 6.89. The molecule has 1 nitrogen and oxygen atoms in total. The summed E-state index contributed by atoms with van der Waals surface area (Å²) in [6.45, 7) is 9.05. The van der Waals surface area contributed by atoms with Gasteiger partial charge in [0.2, 0.25) is 0 Å². The third-order valence-corrected chi connectivity index (χ3v) is 0.946. The topological polar surface area (TPSA) is 23.9 Å². The van der Waals surface area contributed by atoms with Gasteiger partial charge in [-0.2, -0.15) is 0 Å². The van der Waals surface area contributed by atoms with Crippen molar-refractivity contribution in [3.63, 3.8) is 0 Å². The average Bonchev–Trinajstić information content (AvgIpc) is 1.82. The summed E-state index contributed by atoms with van der Waals surface area (Å²) < 4.78 is 0. The minimum absolute atomic E-state index is 0.824. The minimum Gasteiger partial charge on any atom is -0.308 e. The van der Waals surface area contributed by atoms with Gasteiger partial charge in [0.25, 0.3) is 0 Å². The molecule has 0 saturated heterocycles. The zero-order valence-electron chi connectivity index (χ0n) is 5.65. The lowest BCUT2D eigenvalue weighted by molar-refractivity contribution is 1.46. The quantitative estimate of drug-likeness (QED) is 0.437. The molecular weight excluding hydrogens is 110 g/mol. The summed E-state index contributed by atoms with van der Waals surface area (Å²) >= 11 is 0. The van der Waals surface area contributed by atoms with E-state index in [9.17, 15) is 0 Å². The van der Waals surface area contributed by atoms with Crippen LogP contribution in [0.2, 0.25) is 0 Å². The van der Waals surface area contributed by atoms with Gasteiger partial charge in [0, 0.05) is 6.21 Å². The molecule has 0 heterocycles. The highest BCUT2D eigenvalue weighted by Gasteiger charge is 1.87. The first-order valence-electron chi connectivity index (χ1n) is 2.71. The van der Waals surface area contributed by atoms with Gasteiger partial charge < -0.3 is 5.41 Å². The van der Waals surface area contributed by atoms with Crippen molar-refractivity contribution < 1.29 is 0 Å². The molecule has 0 aliphatic heterocycles. The summed E-state index contributed by atoms with van der Waals surface area (Å²) in [5.74, 6) is 0. The smallest absolute Gasteiger partial charge is 0.0252 e. The summed E-state index contributed by atoms with van der Waals surface area (Å²) in [5.41, 5.74) is 1.72. The standard InChI is InChI=1S/C8H11N/c1-4-5-8(6-9)7(2)3/h4-6,9H,1-2H2,3H3/b8-5-,9-6?. The largest absolute Gasteiger partial charge is 0.308 e. The molecule has 0 aromatic heterocycles. The molecular formula is C8H11N. The van der Waals surface area contributed by atoms with Crippen molar-refractivity contribution in [2.24, 2.45) is 0 Å². The number of allylic oxidation sites excluding steroid dienone is 4. The second-order valence-corrected chi connectivity index (χ2v) is 1.78. The monoisotopic (exact) mass is 121 g/mol. The fourth-order valence-corrected chi connectivity index (χ4v) is 0.441. The number of hydrogen-bond acceptors (Lipinski definition) is 1.